The highest BCUT2D eigenvalue weighted by atomic mass is 35.5. The Morgan fingerprint density at radius 1 is 1.15 bits per heavy atom. The highest BCUT2D eigenvalue weighted by Gasteiger charge is 2.14. The third-order valence-electron chi connectivity index (χ3n) is 1.42. The Hall–Kier alpha value is -1.16. The summed E-state index contributed by atoms with van der Waals surface area (Å²) in [6, 6.07) is 2.68. The maximum atomic E-state index is 5.65. The van der Waals surface area contributed by atoms with Gasteiger partial charge in [-0.2, -0.15) is 4.98 Å². The molecule has 13 heavy (non-hydrogen) atoms. The summed E-state index contributed by atoms with van der Waals surface area (Å²) in [5, 5.41) is 0.175. The van der Waals surface area contributed by atoms with Gasteiger partial charge in [0.2, 0.25) is 5.75 Å². The van der Waals surface area contributed by atoms with E-state index in [1.54, 1.807) is 0 Å². The molecule has 0 N–H and O–H groups in total. The summed E-state index contributed by atoms with van der Waals surface area (Å²) in [6.45, 7) is 0. The van der Waals surface area contributed by atoms with Crippen LogP contribution >= 0.6 is 11.6 Å². The monoisotopic (exact) mass is 202 g/mol. The lowest BCUT2D eigenvalue weighted by molar-refractivity contribution is 0.315. The predicted molar refractivity (Wildman–Crippen MR) is 47.7 cm³/mol. The summed E-state index contributed by atoms with van der Waals surface area (Å²) in [5.41, 5.74) is 0. The minimum absolute atomic E-state index is 0.175. The normalized spacial score (nSPS) is 9.54. The summed E-state index contributed by atoms with van der Waals surface area (Å²) < 4.78 is 14.9. The molecule has 0 amide bonds. The van der Waals surface area contributed by atoms with E-state index in [4.69, 9.17) is 25.8 Å². The quantitative estimate of drug-likeness (QED) is 0.698. The van der Waals surface area contributed by atoms with Crippen LogP contribution in [0.2, 0.25) is 5.15 Å². The lowest BCUT2D eigenvalue weighted by Gasteiger charge is -2.10. The van der Waals surface area contributed by atoms with E-state index in [0.29, 0.717) is 11.5 Å². The van der Waals surface area contributed by atoms with Crippen LogP contribution in [0.5, 0.6) is 17.4 Å². The van der Waals surface area contributed by atoms with Crippen molar-refractivity contribution in [1.82, 2.24) is 4.98 Å². The van der Waals surface area contributed by atoms with Gasteiger partial charge in [-0.15, -0.1) is 0 Å². The minimum Gasteiger partial charge on any atom is -0.492 e. The topological polar surface area (TPSA) is 40.6 Å². The average Bonchev–Trinajstić information content (AvgIpc) is 2.16. The Labute approximate surface area is 81.4 Å². The number of rotatable bonds is 3. The number of halogens is 1. The van der Waals surface area contributed by atoms with Crippen LogP contribution in [-0.2, 0) is 0 Å². The molecule has 0 saturated carbocycles. The first-order valence-electron chi connectivity index (χ1n) is 3.47. The number of methoxy groups -OCH3 is 3. The van der Waals surface area contributed by atoms with Crippen molar-refractivity contribution in [2.45, 2.75) is 0 Å². The third kappa shape index (κ3) is 1.95. The molecule has 1 radical (unpaired) electrons. The molecule has 0 bridgehead atoms. The zero-order chi connectivity index (χ0) is 9.84. The van der Waals surface area contributed by atoms with Gasteiger partial charge >= 0.3 is 0 Å². The van der Waals surface area contributed by atoms with Gasteiger partial charge in [0, 0.05) is 0 Å². The summed E-state index contributed by atoms with van der Waals surface area (Å²) in [5.74, 6) is 1.04. The lowest BCUT2D eigenvalue weighted by atomic mass is 10.4. The first-order valence-corrected chi connectivity index (χ1v) is 3.85. The van der Waals surface area contributed by atoms with Crippen LogP contribution in [0.3, 0.4) is 0 Å². The smallest absolute Gasteiger partial charge is 0.262 e. The highest BCUT2D eigenvalue weighted by Crippen LogP contribution is 2.36. The largest absolute Gasteiger partial charge is 0.492 e. The Balaban J connectivity index is 3.25. The molecule has 0 atom stereocenters. The summed E-state index contributed by atoms with van der Waals surface area (Å²) in [6.07, 6.45) is 0. The molecule has 1 aromatic heterocycles. The van der Waals surface area contributed by atoms with E-state index in [0.717, 1.165) is 0 Å². The zero-order valence-electron chi connectivity index (χ0n) is 7.55. The van der Waals surface area contributed by atoms with E-state index in [1.165, 1.54) is 21.3 Å². The van der Waals surface area contributed by atoms with Gasteiger partial charge < -0.3 is 14.2 Å². The number of aromatic nitrogens is 1. The number of ether oxygens (including phenoxy) is 3. The van der Waals surface area contributed by atoms with Gasteiger partial charge in [-0.1, -0.05) is 11.6 Å². The van der Waals surface area contributed by atoms with E-state index in [2.05, 4.69) is 11.1 Å². The van der Waals surface area contributed by atoms with Gasteiger partial charge in [0.1, 0.15) is 5.15 Å². The molecule has 1 rings (SSSR count). The van der Waals surface area contributed by atoms with Crippen LogP contribution < -0.4 is 14.2 Å². The molecule has 71 valence electrons. The van der Waals surface area contributed by atoms with Crippen molar-refractivity contribution in [1.29, 1.82) is 0 Å². The van der Waals surface area contributed by atoms with Gasteiger partial charge in [0.05, 0.1) is 27.4 Å². The number of hydrogen-bond donors (Lipinski definition) is 0. The predicted octanol–water partition coefficient (Wildman–Crippen LogP) is 1.56. The van der Waals surface area contributed by atoms with Gasteiger partial charge in [-0.25, -0.2) is 0 Å². The van der Waals surface area contributed by atoms with Crippen molar-refractivity contribution < 1.29 is 14.2 Å². The van der Waals surface area contributed by atoms with Crippen molar-refractivity contribution in [3.8, 4) is 17.4 Å². The molecule has 1 heterocycles. The molecule has 0 saturated heterocycles. The second kappa shape index (κ2) is 4.18. The molecule has 0 aliphatic heterocycles. The SMILES string of the molecule is COc1[c]c(Cl)nc(OC)c1OC. The molecule has 4 nitrogen and oxygen atoms in total. The number of pyridine rings is 1. The maximum Gasteiger partial charge on any atom is 0.262 e. The molecule has 0 aliphatic carbocycles. The first-order chi connectivity index (χ1) is 6.22. The molecule has 0 spiro atoms. The van der Waals surface area contributed by atoms with Crippen LogP contribution in [0.25, 0.3) is 0 Å². The second-order valence-corrected chi connectivity index (χ2v) is 2.46. The standard InChI is InChI=1S/C8H9ClNO3/c1-11-5-4-6(9)10-8(13-3)7(5)12-2/h1-3H3. The fourth-order valence-electron chi connectivity index (χ4n) is 0.878. The Morgan fingerprint density at radius 3 is 2.31 bits per heavy atom. The van der Waals surface area contributed by atoms with E-state index in [-0.39, 0.29) is 11.0 Å². The lowest BCUT2D eigenvalue weighted by Crippen LogP contribution is -1.97. The second-order valence-electron chi connectivity index (χ2n) is 2.10. The maximum absolute atomic E-state index is 5.65. The highest BCUT2D eigenvalue weighted by molar-refractivity contribution is 6.29. The van der Waals surface area contributed by atoms with Crippen LogP contribution in [0.15, 0.2) is 0 Å². The van der Waals surface area contributed by atoms with Crippen molar-refractivity contribution >= 4 is 11.6 Å². The Morgan fingerprint density at radius 2 is 1.85 bits per heavy atom. The van der Waals surface area contributed by atoms with Gasteiger partial charge in [-0.05, 0) is 0 Å². The first kappa shape index (κ1) is 9.92. The molecule has 0 fully saturated rings. The van der Waals surface area contributed by atoms with Gasteiger partial charge in [0.25, 0.3) is 5.88 Å². The van der Waals surface area contributed by atoms with Crippen LogP contribution in [0.1, 0.15) is 0 Å². The van der Waals surface area contributed by atoms with Crippen molar-refractivity contribution in [2.24, 2.45) is 0 Å². The van der Waals surface area contributed by atoms with Crippen molar-refractivity contribution in [3.05, 3.63) is 11.2 Å². The van der Waals surface area contributed by atoms with E-state index in [9.17, 15) is 0 Å². The molecule has 0 aromatic carbocycles. The van der Waals surface area contributed by atoms with Crippen LogP contribution in [0.4, 0.5) is 0 Å². The molecule has 0 aliphatic rings. The number of hydrogen-bond acceptors (Lipinski definition) is 4. The fraction of sp³-hybridized carbons (Fsp3) is 0.375. The summed E-state index contributed by atoms with van der Waals surface area (Å²) in [7, 11) is 4.45. The fourth-order valence-corrected chi connectivity index (χ4v) is 1.04. The van der Waals surface area contributed by atoms with Crippen LogP contribution in [-0.4, -0.2) is 26.3 Å². The third-order valence-corrected chi connectivity index (χ3v) is 1.60. The molecular weight excluding hydrogens is 194 g/mol. The number of nitrogens with zero attached hydrogens (tertiary/aromatic N) is 1. The summed E-state index contributed by atoms with van der Waals surface area (Å²) >= 11 is 5.65. The molecule has 1 aromatic rings. The van der Waals surface area contributed by atoms with E-state index < -0.39 is 0 Å². The minimum atomic E-state index is 0.175. The average molecular weight is 203 g/mol. The Bertz CT molecular complexity index is 278. The molecule has 5 heteroatoms. The van der Waals surface area contributed by atoms with E-state index in [1.807, 2.05) is 0 Å². The molecule has 0 unspecified atom stereocenters. The van der Waals surface area contributed by atoms with Crippen molar-refractivity contribution in [3.63, 3.8) is 0 Å². The molecular formula is C8H9ClNO3. The Kier molecular flexibility index (Phi) is 3.19. The zero-order valence-corrected chi connectivity index (χ0v) is 8.31. The van der Waals surface area contributed by atoms with Crippen LogP contribution in [0, 0.1) is 6.07 Å². The van der Waals surface area contributed by atoms with Gasteiger partial charge in [-0.3, -0.25) is 0 Å². The van der Waals surface area contributed by atoms with Crippen molar-refractivity contribution in [2.75, 3.05) is 21.3 Å². The summed E-state index contributed by atoms with van der Waals surface area (Å²) in [4.78, 5) is 3.85. The van der Waals surface area contributed by atoms with Gasteiger partial charge in [0.15, 0.2) is 5.75 Å². The van der Waals surface area contributed by atoms with E-state index >= 15 is 0 Å².